The quantitative estimate of drug-likeness (QED) is 0.208. The van der Waals surface area contributed by atoms with E-state index in [4.69, 9.17) is 11.7 Å². The molecule has 7 nitrogen and oxygen atoms in total. The van der Waals surface area contributed by atoms with Gasteiger partial charge in [-0.1, -0.05) is 0 Å². The number of hydrazine groups is 2. The van der Waals surface area contributed by atoms with Gasteiger partial charge in [-0.3, -0.25) is 16.0 Å². The van der Waals surface area contributed by atoms with E-state index < -0.39 is 17.6 Å². The van der Waals surface area contributed by atoms with E-state index in [2.05, 4.69) is 5.43 Å². The lowest BCUT2D eigenvalue weighted by Crippen LogP contribution is -2.71. The Bertz CT molecular complexity index is 230. The monoisotopic (exact) mass is 173 g/mol. The predicted octanol–water partition coefficient (Wildman–Crippen LogP) is -2.02. The van der Waals surface area contributed by atoms with E-state index in [0.717, 1.165) is 5.01 Å². The average molecular weight is 173 g/mol. The van der Waals surface area contributed by atoms with E-state index in [0.29, 0.717) is 0 Å². The Morgan fingerprint density at radius 3 is 2.75 bits per heavy atom. The van der Waals surface area contributed by atoms with E-state index in [-0.39, 0.29) is 6.42 Å². The van der Waals surface area contributed by atoms with E-state index in [1.54, 1.807) is 6.92 Å². The minimum atomic E-state index is -1.00. The van der Waals surface area contributed by atoms with E-state index in [9.17, 15) is 9.59 Å². The smallest absolute Gasteiger partial charge is 0.277 e. The van der Waals surface area contributed by atoms with Gasteiger partial charge in [0, 0.05) is 0 Å². The Hall–Kier alpha value is -1.18. The summed E-state index contributed by atoms with van der Waals surface area (Å²) < 4.78 is 0. The molecule has 0 aromatic heterocycles. The molecule has 0 saturated carbocycles. The van der Waals surface area contributed by atoms with Gasteiger partial charge in [0.25, 0.3) is 0 Å². The minimum Gasteiger partial charge on any atom is -0.277 e. The maximum Gasteiger partial charge on any atom is 0.339 e. The number of urea groups is 1. The van der Waals surface area contributed by atoms with Crippen molar-refractivity contribution >= 4 is 11.9 Å². The number of rotatable bonds is 1. The number of amides is 3. The second kappa shape index (κ2) is 2.70. The minimum absolute atomic E-state index is 0.0335. The molecule has 0 aromatic rings. The van der Waals surface area contributed by atoms with Gasteiger partial charge in [0.15, 0.2) is 0 Å². The largest absolute Gasteiger partial charge is 0.339 e. The molecule has 1 fully saturated rings. The molecule has 3 amide bonds. The molecule has 0 radical (unpaired) electrons. The summed E-state index contributed by atoms with van der Waals surface area (Å²) in [5.74, 6) is 10.1. The first-order chi connectivity index (χ1) is 5.49. The number of imide groups is 1. The van der Waals surface area contributed by atoms with Crippen molar-refractivity contribution in [2.45, 2.75) is 19.0 Å². The lowest BCUT2D eigenvalue weighted by atomic mass is 10.1. The van der Waals surface area contributed by atoms with Crippen molar-refractivity contribution in [3.8, 4) is 0 Å². The molecule has 1 aliphatic rings. The van der Waals surface area contributed by atoms with Gasteiger partial charge in [0.1, 0.15) is 5.66 Å². The van der Waals surface area contributed by atoms with Gasteiger partial charge in [-0.05, 0) is 6.92 Å². The Morgan fingerprint density at radius 2 is 2.25 bits per heavy atom. The molecule has 0 bridgehead atoms. The molecular formula is C5H11N5O2. The maximum absolute atomic E-state index is 11.0. The molecular weight excluding hydrogens is 162 g/mol. The summed E-state index contributed by atoms with van der Waals surface area (Å²) in [4.78, 5) is 21.8. The number of nitrogens with one attached hydrogen (secondary N) is 2. The van der Waals surface area contributed by atoms with Crippen LogP contribution in [0.2, 0.25) is 0 Å². The molecule has 1 rings (SSSR count). The summed E-state index contributed by atoms with van der Waals surface area (Å²) in [5.41, 5.74) is 1.31. The SMILES string of the molecule is CC1(NN)CC(=O)NC(=O)N1N. The summed E-state index contributed by atoms with van der Waals surface area (Å²) >= 11 is 0. The standard InChI is InChI=1S/C5H11N5O2/c1-5(9-6)2-3(11)8-4(12)10(5)7/h9H,2,6-7H2,1H3,(H,8,11,12). The maximum atomic E-state index is 11.0. The Kier molecular flexibility index (Phi) is 2.01. The second-order valence-electron chi connectivity index (χ2n) is 2.82. The number of hydrogen-bond donors (Lipinski definition) is 4. The van der Waals surface area contributed by atoms with Crippen molar-refractivity contribution < 1.29 is 9.59 Å². The molecule has 1 atom stereocenters. The van der Waals surface area contributed by atoms with Crippen LogP contribution in [0.1, 0.15) is 13.3 Å². The highest BCUT2D eigenvalue weighted by molar-refractivity contribution is 5.97. The van der Waals surface area contributed by atoms with Crippen LogP contribution < -0.4 is 22.4 Å². The van der Waals surface area contributed by atoms with Crippen molar-refractivity contribution in [1.82, 2.24) is 15.8 Å². The summed E-state index contributed by atoms with van der Waals surface area (Å²) in [6.07, 6.45) is 0.0335. The Morgan fingerprint density at radius 1 is 1.67 bits per heavy atom. The zero-order chi connectivity index (χ0) is 9.35. The summed E-state index contributed by atoms with van der Waals surface area (Å²) in [7, 11) is 0. The molecule has 68 valence electrons. The molecule has 1 saturated heterocycles. The fourth-order valence-electron chi connectivity index (χ4n) is 0.966. The van der Waals surface area contributed by atoms with Gasteiger partial charge in [0.2, 0.25) is 5.91 Å². The topological polar surface area (TPSA) is 113 Å². The van der Waals surface area contributed by atoms with Crippen molar-refractivity contribution in [1.29, 1.82) is 0 Å². The number of nitrogens with two attached hydrogens (primary N) is 2. The number of carbonyl (C=O) groups is 2. The molecule has 0 aromatic carbocycles. The van der Waals surface area contributed by atoms with Gasteiger partial charge in [-0.25, -0.2) is 21.1 Å². The summed E-state index contributed by atoms with van der Waals surface area (Å²) in [6.45, 7) is 1.56. The van der Waals surface area contributed by atoms with Crippen LogP contribution in [0.5, 0.6) is 0 Å². The van der Waals surface area contributed by atoms with Crippen LogP contribution in [0.4, 0.5) is 4.79 Å². The molecule has 1 heterocycles. The molecule has 7 heteroatoms. The number of nitrogens with zero attached hydrogens (tertiary/aromatic N) is 1. The molecule has 1 aliphatic heterocycles. The fourth-order valence-corrected chi connectivity index (χ4v) is 0.966. The summed E-state index contributed by atoms with van der Waals surface area (Å²) in [6, 6.07) is -0.660. The van der Waals surface area contributed by atoms with E-state index in [1.807, 2.05) is 5.32 Å². The van der Waals surface area contributed by atoms with Gasteiger partial charge < -0.3 is 0 Å². The lowest BCUT2D eigenvalue weighted by Gasteiger charge is -2.39. The van der Waals surface area contributed by atoms with Crippen molar-refractivity contribution in [2.75, 3.05) is 0 Å². The van der Waals surface area contributed by atoms with Crippen molar-refractivity contribution in [3.05, 3.63) is 0 Å². The predicted molar refractivity (Wildman–Crippen MR) is 39.9 cm³/mol. The Balaban J connectivity index is 2.86. The number of hydrogen-bond acceptors (Lipinski definition) is 5. The van der Waals surface area contributed by atoms with Crippen LogP contribution in [0.3, 0.4) is 0 Å². The highest BCUT2D eigenvalue weighted by Gasteiger charge is 2.40. The van der Waals surface area contributed by atoms with Gasteiger partial charge >= 0.3 is 6.03 Å². The molecule has 1 unspecified atom stereocenters. The second-order valence-corrected chi connectivity index (χ2v) is 2.82. The highest BCUT2D eigenvalue weighted by atomic mass is 16.2. The van der Waals surface area contributed by atoms with Crippen LogP contribution in [-0.2, 0) is 4.79 Å². The summed E-state index contributed by atoms with van der Waals surface area (Å²) in [5, 5.41) is 2.90. The average Bonchev–Trinajstić information content (AvgIpc) is 2.00. The van der Waals surface area contributed by atoms with Crippen LogP contribution in [-0.4, -0.2) is 22.6 Å². The van der Waals surface area contributed by atoms with E-state index >= 15 is 0 Å². The van der Waals surface area contributed by atoms with Gasteiger partial charge in [0.05, 0.1) is 6.42 Å². The molecule has 0 spiro atoms. The molecule has 12 heavy (non-hydrogen) atoms. The first-order valence-electron chi connectivity index (χ1n) is 3.36. The van der Waals surface area contributed by atoms with Crippen molar-refractivity contribution in [3.63, 3.8) is 0 Å². The van der Waals surface area contributed by atoms with Crippen LogP contribution >= 0.6 is 0 Å². The zero-order valence-electron chi connectivity index (χ0n) is 6.63. The lowest BCUT2D eigenvalue weighted by molar-refractivity contribution is -0.125. The Labute approximate surface area is 69.0 Å². The first-order valence-corrected chi connectivity index (χ1v) is 3.36. The van der Waals surface area contributed by atoms with Gasteiger partial charge in [-0.2, -0.15) is 0 Å². The third-order valence-corrected chi connectivity index (χ3v) is 1.81. The fraction of sp³-hybridized carbons (Fsp3) is 0.600. The number of carbonyl (C=O) groups excluding carboxylic acids is 2. The third-order valence-electron chi connectivity index (χ3n) is 1.81. The normalized spacial score (nSPS) is 30.4. The third kappa shape index (κ3) is 1.24. The van der Waals surface area contributed by atoms with E-state index in [1.165, 1.54) is 0 Å². The van der Waals surface area contributed by atoms with Crippen LogP contribution in [0.15, 0.2) is 0 Å². The van der Waals surface area contributed by atoms with Crippen LogP contribution in [0.25, 0.3) is 0 Å². The van der Waals surface area contributed by atoms with Crippen LogP contribution in [0, 0.1) is 0 Å². The first kappa shape index (κ1) is 8.91. The molecule has 0 aliphatic carbocycles. The molecule has 6 N–H and O–H groups in total. The van der Waals surface area contributed by atoms with Crippen molar-refractivity contribution in [2.24, 2.45) is 11.7 Å². The zero-order valence-corrected chi connectivity index (χ0v) is 6.63. The highest BCUT2D eigenvalue weighted by Crippen LogP contribution is 2.15. The van der Waals surface area contributed by atoms with Gasteiger partial charge in [-0.15, -0.1) is 0 Å².